The summed E-state index contributed by atoms with van der Waals surface area (Å²) >= 11 is 0. The number of likely N-dealkylation sites (tertiary alicyclic amines) is 1. The van der Waals surface area contributed by atoms with Crippen LogP contribution in [0, 0.1) is 5.82 Å². The van der Waals surface area contributed by atoms with Gasteiger partial charge in [-0.15, -0.1) is 0 Å². The van der Waals surface area contributed by atoms with Crippen LogP contribution < -0.4 is 4.90 Å². The Bertz CT molecular complexity index is 1010. The summed E-state index contributed by atoms with van der Waals surface area (Å²) in [5.41, 5.74) is 1.94. The average molecular weight is 366 g/mol. The summed E-state index contributed by atoms with van der Waals surface area (Å²) < 4.78 is 15.3. The van der Waals surface area contributed by atoms with E-state index in [4.69, 9.17) is 4.98 Å². The second kappa shape index (κ2) is 6.29. The molecule has 0 aliphatic carbocycles. The number of halogens is 1. The Labute approximate surface area is 155 Å². The van der Waals surface area contributed by atoms with Gasteiger partial charge in [-0.05, 0) is 37.0 Å². The zero-order valence-corrected chi connectivity index (χ0v) is 14.8. The minimum atomic E-state index is -0.332. The molecule has 138 valence electrons. The Morgan fingerprint density at radius 3 is 2.81 bits per heavy atom. The van der Waals surface area contributed by atoms with E-state index >= 15 is 0 Å². The third-order valence-electron chi connectivity index (χ3n) is 5.39. The first-order valence-electron chi connectivity index (χ1n) is 9.21. The van der Waals surface area contributed by atoms with E-state index in [2.05, 4.69) is 15.0 Å². The van der Waals surface area contributed by atoms with E-state index in [9.17, 15) is 9.18 Å². The molecule has 0 bridgehead atoms. The third-order valence-corrected chi connectivity index (χ3v) is 5.39. The van der Waals surface area contributed by atoms with Crippen LogP contribution in [0.1, 0.15) is 41.2 Å². The molecule has 0 saturated carbocycles. The number of hydrogen-bond acceptors (Lipinski definition) is 5. The van der Waals surface area contributed by atoms with Crippen molar-refractivity contribution in [3.05, 3.63) is 53.9 Å². The fraction of sp³-hybridized carbons (Fsp3) is 0.368. The maximum absolute atomic E-state index is 13.6. The lowest BCUT2D eigenvalue weighted by Crippen LogP contribution is -2.42. The molecule has 2 aliphatic heterocycles. The maximum Gasteiger partial charge on any atom is 0.259 e. The van der Waals surface area contributed by atoms with Crippen LogP contribution in [-0.4, -0.2) is 50.0 Å². The van der Waals surface area contributed by atoms with Gasteiger partial charge in [0, 0.05) is 32.0 Å². The predicted molar refractivity (Wildman–Crippen MR) is 97.0 cm³/mol. The minimum absolute atomic E-state index is 0.0202. The molecule has 5 rings (SSSR count). The number of rotatable bonds is 3. The summed E-state index contributed by atoms with van der Waals surface area (Å²) in [6, 6.07) is 3.45. The molecule has 0 radical (unpaired) electrons. The molecule has 1 unspecified atom stereocenters. The molecule has 2 saturated heterocycles. The highest BCUT2D eigenvalue weighted by molar-refractivity contribution is 6.00. The molecule has 1 atom stereocenters. The van der Waals surface area contributed by atoms with Crippen molar-refractivity contribution in [1.82, 2.24) is 24.5 Å². The summed E-state index contributed by atoms with van der Waals surface area (Å²) in [6.45, 7) is 2.40. The van der Waals surface area contributed by atoms with E-state index in [0.29, 0.717) is 11.2 Å². The van der Waals surface area contributed by atoms with Crippen LogP contribution in [-0.2, 0) is 0 Å². The third kappa shape index (κ3) is 2.72. The van der Waals surface area contributed by atoms with Crippen LogP contribution in [0.25, 0.3) is 5.65 Å². The molecule has 8 heteroatoms. The van der Waals surface area contributed by atoms with Gasteiger partial charge in [0.15, 0.2) is 5.65 Å². The highest BCUT2D eigenvalue weighted by atomic mass is 19.1. The minimum Gasteiger partial charge on any atom is -0.349 e. The van der Waals surface area contributed by atoms with Gasteiger partial charge in [-0.2, -0.15) is 5.10 Å². The van der Waals surface area contributed by atoms with Crippen LogP contribution in [0.5, 0.6) is 0 Å². The van der Waals surface area contributed by atoms with Crippen molar-refractivity contribution in [3.8, 4) is 0 Å². The van der Waals surface area contributed by atoms with Crippen LogP contribution >= 0.6 is 0 Å². The largest absolute Gasteiger partial charge is 0.349 e. The van der Waals surface area contributed by atoms with E-state index in [1.807, 2.05) is 17.2 Å². The molecule has 27 heavy (non-hydrogen) atoms. The molecule has 2 fully saturated rings. The Balaban J connectivity index is 1.51. The predicted octanol–water partition coefficient (Wildman–Crippen LogP) is 2.45. The van der Waals surface area contributed by atoms with Gasteiger partial charge in [0.2, 0.25) is 0 Å². The highest BCUT2D eigenvalue weighted by Crippen LogP contribution is 2.35. The standard InChI is InChI=1S/C19H19FN6O/c20-14-9-13(10-21-11-14)16-3-1-7-25(16)17-4-8-26-18(23-17)15(12-22-26)19(27)24-5-2-6-24/h4,8-12,16H,1-3,5-7H2. The van der Waals surface area contributed by atoms with Crippen LogP contribution in [0.15, 0.2) is 36.9 Å². The van der Waals surface area contributed by atoms with E-state index in [-0.39, 0.29) is 17.8 Å². The van der Waals surface area contributed by atoms with E-state index in [1.54, 1.807) is 16.9 Å². The Morgan fingerprint density at radius 1 is 1.15 bits per heavy atom. The van der Waals surface area contributed by atoms with Crippen LogP contribution in [0.3, 0.4) is 0 Å². The number of aromatic nitrogens is 4. The summed E-state index contributed by atoms with van der Waals surface area (Å²) in [4.78, 5) is 25.3. The van der Waals surface area contributed by atoms with Crippen molar-refractivity contribution in [2.75, 3.05) is 24.5 Å². The first-order valence-corrected chi connectivity index (χ1v) is 9.21. The van der Waals surface area contributed by atoms with Gasteiger partial charge in [0.25, 0.3) is 5.91 Å². The topological polar surface area (TPSA) is 66.6 Å². The normalized spacial score (nSPS) is 19.5. The van der Waals surface area contributed by atoms with Crippen molar-refractivity contribution < 1.29 is 9.18 Å². The molecule has 5 heterocycles. The maximum atomic E-state index is 13.6. The lowest BCUT2D eigenvalue weighted by molar-refractivity contribution is 0.0653. The number of amides is 1. The van der Waals surface area contributed by atoms with Crippen molar-refractivity contribution in [1.29, 1.82) is 0 Å². The quantitative estimate of drug-likeness (QED) is 0.712. The molecular formula is C19H19FN6O. The zero-order chi connectivity index (χ0) is 18.4. The highest BCUT2D eigenvalue weighted by Gasteiger charge is 2.29. The van der Waals surface area contributed by atoms with Crippen molar-refractivity contribution in [2.45, 2.75) is 25.3 Å². The molecule has 1 amide bonds. The molecule has 0 aromatic carbocycles. The van der Waals surface area contributed by atoms with Gasteiger partial charge >= 0.3 is 0 Å². The van der Waals surface area contributed by atoms with Crippen molar-refractivity contribution in [2.24, 2.45) is 0 Å². The number of fused-ring (bicyclic) bond motifs is 1. The summed E-state index contributed by atoms with van der Waals surface area (Å²) in [5.74, 6) is 0.418. The first kappa shape index (κ1) is 16.2. The fourth-order valence-electron chi connectivity index (χ4n) is 3.86. The number of carbonyl (C=O) groups excluding carboxylic acids is 1. The smallest absolute Gasteiger partial charge is 0.259 e. The van der Waals surface area contributed by atoms with Crippen molar-refractivity contribution in [3.63, 3.8) is 0 Å². The first-order chi connectivity index (χ1) is 13.2. The fourth-order valence-corrected chi connectivity index (χ4v) is 3.86. The summed E-state index contributed by atoms with van der Waals surface area (Å²) in [6.07, 6.45) is 9.29. The Morgan fingerprint density at radius 2 is 2.04 bits per heavy atom. The second-order valence-corrected chi connectivity index (χ2v) is 7.05. The van der Waals surface area contributed by atoms with Crippen LogP contribution in [0.4, 0.5) is 10.2 Å². The molecule has 0 spiro atoms. The van der Waals surface area contributed by atoms with Gasteiger partial charge in [0.1, 0.15) is 17.2 Å². The Kier molecular flexibility index (Phi) is 3.77. The van der Waals surface area contributed by atoms with Gasteiger partial charge < -0.3 is 9.80 Å². The average Bonchev–Trinajstić information content (AvgIpc) is 3.26. The monoisotopic (exact) mass is 366 g/mol. The van der Waals surface area contributed by atoms with E-state index in [1.165, 1.54) is 12.3 Å². The molecule has 3 aromatic heterocycles. The molecule has 0 N–H and O–H groups in total. The zero-order valence-electron chi connectivity index (χ0n) is 14.8. The lowest BCUT2D eigenvalue weighted by atomic mass is 10.1. The molecule has 3 aromatic rings. The summed E-state index contributed by atoms with van der Waals surface area (Å²) in [7, 11) is 0. The molecule has 2 aliphatic rings. The number of carbonyl (C=O) groups is 1. The Hall–Kier alpha value is -3.03. The van der Waals surface area contributed by atoms with E-state index in [0.717, 1.165) is 50.3 Å². The van der Waals surface area contributed by atoms with E-state index < -0.39 is 0 Å². The number of hydrogen-bond donors (Lipinski definition) is 0. The summed E-state index contributed by atoms with van der Waals surface area (Å²) in [5, 5.41) is 4.27. The number of pyridine rings is 1. The van der Waals surface area contributed by atoms with Gasteiger partial charge in [-0.25, -0.2) is 13.9 Å². The van der Waals surface area contributed by atoms with Gasteiger partial charge in [0.05, 0.1) is 18.4 Å². The van der Waals surface area contributed by atoms with Crippen molar-refractivity contribution >= 4 is 17.4 Å². The second-order valence-electron chi connectivity index (χ2n) is 7.05. The lowest BCUT2D eigenvalue weighted by Gasteiger charge is -2.30. The van der Waals surface area contributed by atoms with Crippen LogP contribution in [0.2, 0.25) is 0 Å². The number of anilines is 1. The SMILES string of the molecule is O=C(c1cnn2ccc(N3CCCC3c3cncc(F)c3)nc12)N1CCC1. The van der Waals surface area contributed by atoms with Gasteiger partial charge in [-0.1, -0.05) is 0 Å². The molecule has 7 nitrogen and oxygen atoms in total. The molecular weight excluding hydrogens is 347 g/mol. The van der Waals surface area contributed by atoms with Gasteiger partial charge in [-0.3, -0.25) is 9.78 Å². The number of nitrogens with zero attached hydrogens (tertiary/aromatic N) is 6.